The standard InChI is InChI=1S/C26H24N2/c1-17-5-7-19(3)23(13-17)21-9-11-27-25(15-21)26-16-22(10-12-28-26)24-14-18(2)6-8-20(24)4/h5-16H,1-4H3. The topological polar surface area (TPSA) is 25.8 Å². The molecule has 28 heavy (non-hydrogen) atoms. The maximum absolute atomic E-state index is 4.60. The summed E-state index contributed by atoms with van der Waals surface area (Å²) in [5.74, 6) is 0. The molecule has 0 atom stereocenters. The van der Waals surface area contributed by atoms with Crippen LogP contribution in [0.2, 0.25) is 0 Å². The van der Waals surface area contributed by atoms with Gasteiger partial charge in [-0.1, -0.05) is 47.5 Å². The van der Waals surface area contributed by atoms with Crippen molar-refractivity contribution >= 4 is 0 Å². The minimum Gasteiger partial charge on any atom is -0.255 e. The van der Waals surface area contributed by atoms with E-state index in [2.05, 4.69) is 98.3 Å². The van der Waals surface area contributed by atoms with Gasteiger partial charge in [0.2, 0.25) is 0 Å². The van der Waals surface area contributed by atoms with E-state index in [0.717, 1.165) is 11.4 Å². The Labute approximate surface area is 167 Å². The Morgan fingerprint density at radius 2 is 0.929 bits per heavy atom. The highest BCUT2D eigenvalue weighted by Gasteiger charge is 2.09. The maximum atomic E-state index is 4.60. The predicted molar refractivity (Wildman–Crippen MR) is 117 cm³/mol. The zero-order valence-corrected chi connectivity index (χ0v) is 16.8. The molecule has 0 aliphatic heterocycles. The normalized spacial score (nSPS) is 10.9. The van der Waals surface area contributed by atoms with Crippen molar-refractivity contribution in [1.82, 2.24) is 9.97 Å². The number of hydrogen-bond donors (Lipinski definition) is 0. The van der Waals surface area contributed by atoms with Crippen molar-refractivity contribution in [2.24, 2.45) is 0 Å². The molecule has 4 aromatic rings. The molecular weight excluding hydrogens is 340 g/mol. The van der Waals surface area contributed by atoms with Crippen LogP contribution in [0.5, 0.6) is 0 Å². The minimum absolute atomic E-state index is 0.894. The van der Waals surface area contributed by atoms with Crippen molar-refractivity contribution in [1.29, 1.82) is 0 Å². The lowest BCUT2D eigenvalue weighted by Crippen LogP contribution is -1.92. The number of hydrogen-bond acceptors (Lipinski definition) is 2. The van der Waals surface area contributed by atoms with Gasteiger partial charge in [-0.05, 0) is 85.3 Å². The summed E-state index contributed by atoms with van der Waals surface area (Å²) < 4.78 is 0. The van der Waals surface area contributed by atoms with Crippen molar-refractivity contribution in [3.05, 3.63) is 95.3 Å². The number of aryl methyl sites for hydroxylation is 4. The zero-order chi connectivity index (χ0) is 19.7. The van der Waals surface area contributed by atoms with Crippen molar-refractivity contribution in [3.8, 4) is 33.6 Å². The van der Waals surface area contributed by atoms with Gasteiger partial charge in [0, 0.05) is 12.4 Å². The van der Waals surface area contributed by atoms with Gasteiger partial charge in [0.15, 0.2) is 0 Å². The van der Waals surface area contributed by atoms with Gasteiger partial charge in [-0.15, -0.1) is 0 Å². The van der Waals surface area contributed by atoms with Crippen LogP contribution in [-0.4, -0.2) is 9.97 Å². The fourth-order valence-electron chi connectivity index (χ4n) is 3.57. The van der Waals surface area contributed by atoms with Gasteiger partial charge < -0.3 is 0 Å². The van der Waals surface area contributed by atoms with Gasteiger partial charge in [0.25, 0.3) is 0 Å². The number of nitrogens with zero attached hydrogens (tertiary/aromatic N) is 2. The number of aromatic nitrogens is 2. The largest absolute Gasteiger partial charge is 0.255 e. The summed E-state index contributed by atoms with van der Waals surface area (Å²) in [5.41, 5.74) is 11.7. The monoisotopic (exact) mass is 364 g/mol. The van der Waals surface area contributed by atoms with Crippen LogP contribution in [0.3, 0.4) is 0 Å². The summed E-state index contributed by atoms with van der Waals surface area (Å²) in [7, 11) is 0. The summed E-state index contributed by atoms with van der Waals surface area (Å²) in [4.78, 5) is 9.20. The lowest BCUT2D eigenvalue weighted by atomic mass is 9.97. The third kappa shape index (κ3) is 3.59. The highest BCUT2D eigenvalue weighted by atomic mass is 14.8. The smallest absolute Gasteiger partial charge is 0.0892 e. The first-order chi connectivity index (χ1) is 13.5. The summed E-state index contributed by atoms with van der Waals surface area (Å²) >= 11 is 0. The molecule has 0 spiro atoms. The van der Waals surface area contributed by atoms with Crippen molar-refractivity contribution in [2.75, 3.05) is 0 Å². The molecule has 0 saturated heterocycles. The minimum atomic E-state index is 0.894. The second-order valence-electron chi connectivity index (χ2n) is 7.50. The van der Waals surface area contributed by atoms with Crippen LogP contribution >= 0.6 is 0 Å². The quantitative estimate of drug-likeness (QED) is 0.404. The lowest BCUT2D eigenvalue weighted by molar-refractivity contribution is 1.24. The highest BCUT2D eigenvalue weighted by molar-refractivity contribution is 5.75. The molecule has 0 unspecified atom stereocenters. The number of benzene rings is 2. The van der Waals surface area contributed by atoms with Crippen molar-refractivity contribution < 1.29 is 0 Å². The zero-order valence-electron chi connectivity index (χ0n) is 16.8. The fourth-order valence-corrected chi connectivity index (χ4v) is 3.57. The second-order valence-corrected chi connectivity index (χ2v) is 7.50. The van der Waals surface area contributed by atoms with E-state index in [1.54, 1.807) is 0 Å². The molecule has 0 N–H and O–H groups in total. The molecule has 138 valence electrons. The van der Waals surface area contributed by atoms with Crippen LogP contribution in [0.4, 0.5) is 0 Å². The summed E-state index contributed by atoms with van der Waals surface area (Å²) in [6, 6.07) is 21.5. The van der Waals surface area contributed by atoms with E-state index in [-0.39, 0.29) is 0 Å². The lowest BCUT2D eigenvalue weighted by Gasteiger charge is -2.11. The van der Waals surface area contributed by atoms with E-state index in [1.165, 1.54) is 44.5 Å². The first-order valence-corrected chi connectivity index (χ1v) is 9.59. The summed E-state index contributed by atoms with van der Waals surface area (Å²) in [6.07, 6.45) is 3.75. The Morgan fingerprint density at radius 3 is 1.36 bits per heavy atom. The van der Waals surface area contributed by atoms with E-state index in [1.807, 2.05) is 12.4 Å². The van der Waals surface area contributed by atoms with Gasteiger partial charge in [0.05, 0.1) is 11.4 Å². The molecule has 0 bridgehead atoms. The second kappa shape index (κ2) is 7.40. The van der Waals surface area contributed by atoms with Crippen LogP contribution in [0.1, 0.15) is 22.3 Å². The Kier molecular flexibility index (Phi) is 4.79. The van der Waals surface area contributed by atoms with Crippen molar-refractivity contribution in [3.63, 3.8) is 0 Å². The van der Waals surface area contributed by atoms with Gasteiger partial charge in [0.1, 0.15) is 0 Å². The van der Waals surface area contributed by atoms with E-state index in [4.69, 9.17) is 0 Å². The molecule has 0 amide bonds. The van der Waals surface area contributed by atoms with Crippen LogP contribution in [0.15, 0.2) is 73.1 Å². The van der Waals surface area contributed by atoms with Gasteiger partial charge >= 0.3 is 0 Å². The number of rotatable bonds is 3. The van der Waals surface area contributed by atoms with E-state index < -0.39 is 0 Å². The average Bonchev–Trinajstić information content (AvgIpc) is 2.72. The van der Waals surface area contributed by atoms with E-state index in [0.29, 0.717) is 0 Å². The molecule has 0 saturated carbocycles. The summed E-state index contributed by atoms with van der Waals surface area (Å²) in [5, 5.41) is 0. The Morgan fingerprint density at radius 1 is 0.500 bits per heavy atom. The molecule has 2 heteroatoms. The molecular formula is C26H24N2. The predicted octanol–water partition coefficient (Wildman–Crippen LogP) is 6.71. The first kappa shape index (κ1) is 18.1. The maximum Gasteiger partial charge on any atom is 0.0892 e. The van der Waals surface area contributed by atoms with Crippen LogP contribution in [-0.2, 0) is 0 Å². The third-order valence-corrected chi connectivity index (χ3v) is 5.19. The van der Waals surface area contributed by atoms with Gasteiger partial charge in [-0.25, -0.2) is 0 Å². The molecule has 0 radical (unpaired) electrons. The van der Waals surface area contributed by atoms with E-state index in [9.17, 15) is 0 Å². The molecule has 4 rings (SSSR count). The third-order valence-electron chi connectivity index (χ3n) is 5.19. The molecule has 2 nitrogen and oxygen atoms in total. The highest BCUT2D eigenvalue weighted by Crippen LogP contribution is 2.30. The fraction of sp³-hybridized carbons (Fsp3) is 0.154. The van der Waals surface area contributed by atoms with Crippen LogP contribution in [0.25, 0.3) is 33.6 Å². The molecule has 0 aliphatic carbocycles. The summed E-state index contributed by atoms with van der Waals surface area (Å²) in [6.45, 7) is 8.54. The Bertz CT molecular complexity index is 1070. The van der Waals surface area contributed by atoms with E-state index >= 15 is 0 Å². The van der Waals surface area contributed by atoms with Gasteiger partial charge in [-0.2, -0.15) is 0 Å². The molecule has 0 aliphatic rings. The molecule has 2 aromatic carbocycles. The van der Waals surface area contributed by atoms with Gasteiger partial charge in [-0.3, -0.25) is 9.97 Å². The molecule has 2 heterocycles. The number of pyridine rings is 2. The average molecular weight is 364 g/mol. The molecule has 2 aromatic heterocycles. The van der Waals surface area contributed by atoms with Crippen LogP contribution in [0, 0.1) is 27.7 Å². The van der Waals surface area contributed by atoms with Crippen LogP contribution < -0.4 is 0 Å². The SMILES string of the molecule is Cc1ccc(C)c(-c2ccnc(-c3cc(-c4cc(C)ccc4C)ccn3)c2)c1. The Balaban J connectivity index is 1.78. The first-order valence-electron chi connectivity index (χ1n) is 9.59. The van der Waals surface area contributed by atoms with Crippen molar-refractivity contribution in [2.45, 2.75) is 27.7 Å². The Hall–Kier alpha value is -3.26. The molecule has 0 fully saturated rings.